The number of hydrogen-bond acceptors (Lipinski definition) is 6. The second kappa shape index (κ2) is 6.86. The van der Waals surface area contributed by atoms with E-state index in [0.29, 0.717) is 32.4 Å². The number of nitrogens with zero attached hydrogens (tertiary/aromatic N) is 2. The fourth-order valence-corrected chi connectivity index (χ4v) is 3.02. The number of nitrogens with two attached hydrogens (primary N) is 1. The second-order valence-electron chi connectivity index (χ2n) is 4.99. The summed E-state index contributed by atoms with van der Waals surface area (Å²) in [4.78, 5) is 21.1. The van der Waals surface area contributed by atoms with Gasteiger partial charge in [0.15, 0.2) is 5.13 Å². The van der Waals surface area contributed by atoms with Crippen LogP contribution in [0.15, 0.2) is 42.6 Å². The van der Waals surface area contributed by atoms with Crippen molar-refractivity contribution in [1.82, 2.24) is 9.97 Å². The first kappa shape index (κ1) is 16.2. The van der Waals surface area contributed by atoms with Gasteiger partial charge in [0.1, 0.15) is 16.5 Å². The number of carbonyl (C=O) groups is 1. The lowest BCUT2D eigenvalue weighted by Gasteiger charge is -2.08. The van der Waals surface area contributed by atoms with Crippen LogP contribution in [0.1, 0.15) is 15.2 Å². The molecule has 1 aromatic carbocycles. The van der Waals surface area contributed by atoms with Gasteiger partial charge in [-0.25, -0.2) is 9.97 Å². The van der Waals surface area contributed by atoms with Crippen molar-refractivity contribution in [1.29, 1.82) is 0 Å². The quantitative estimate of drug-likeness (QED) is 0.652. The van der Waals surface area contributed by atoms with Crippen LogP contribution in [0.4, 0.5) is 22.5 Å². The van der Waals surface area contributed by atoms with Gasteiger partial charge in [0.05, 0.1) is 16.9 Å². The zero-order valence-corrected chi connectivity index (χ0v) is 14.3. The highest BCUT2D eigenvalue weighted by Gasteiger charge is 2.14. The minimum Gasteiger partial charge on any atom is -0.384 e. The van der Waals surface area contributed by atoms with E-state index in [1.807, 2.05) is 19.1 Å². The number of amides is 1. The molecule has 0 saturated carbocycles. The van der Waals surface area contributed by atoms with Crippen molar-refractivity contribution in [3.63, 3.8) is 0 Å². The molecule has 122 valence electrons. The zero-order valence-electron chi connectivity index (χ0n) is 12.7. The molecule has 2 heterocycles. The van der Waals surface area contributed by atoms with Gasteiger partial charge in [-0.15, -0.1) is 0 Å². The molecular weight excluding hydrogens is 346 g/mol. The van der Waals surface area contributed by atoms with E-state index in [4.69, 9.17) is 17.3 Å². The Morgan fingerprint density at radius 2 is 2.04 bits per heavy atom. The summed E-state index contributed by atoms with van der Waals surface area (Å²) in [6, 6.07) is 10.7. The fourth-order valence-electron chi connectivity index (χ4n) is 2.03. The highest BCUT2D eigenvalue weighted by Crippen LogP contribution is 2.27. The minimum atomic E-state index is -0.266. The van der Waals surface area contributed by atoms with Crippen molar-refractivity contribution in [2.45, 2.75) is 6.92 Å². The van der Waals surface area contributed by atoms with Crippen LogP contribution in [0.2, 0.25) is 5.02 Å². The molecule has 0 bridgehead atoms. The molecule has 3 rings (SSSR count). The Hall–Kier alpha value is -2.64. The first-order valence-corrected chi connectivity index (χ1v) is 8.24. The predicted octanol–water partition coefficient (Wildman–Crippen LogP) is 4.08. The van der Waals surface area contributed by atoms with Crippen LogP contribution in [0.25, 0.3) is 0 Å². The van der Waals surface area contributed by atoms with Crippen molar-refractivity contribution in [3.8, 4) is 0 Å². The summed E-state index contributed by atoms with van der Waals surface area (Å²) < 4.78 is 0. The van der Waals surface area contributed by atoms with Crippen molar-refractivity contribution in [2.75, 3.05) is 16.4 Å². The lowest BCUT2D eigenvalue weighted by atomic mass is 10.2. The standard InChI is InChI=1S/C16H14ClN5OS/c1-9-4-2-5-10(17)14(9)22-15(23)11-8-19-16(24-11)21-13-7-3-6-12(18)20-13/h2-8H,1H3,(H,22,23)(H3,18,19,20,21). The molecule has 0 fully saturated rings. The molecule has 0 atom stereocenters. The SMILES string of the molecule is Cc1cccc(Cl)c1NC(=O)c1cnc(Nc2cccc(N)n2)s1. The largest absolute Gasteiger partial charge is 0.384 e. The highest BCUT2D eigenvalue weighted by molar-refractivity contribution is 7.17. The van der Waals surface area contributed by atoms with Gasteiger partial charge in [0.2, 0.25) is 0 Å². The summed E-state index contributed by atoms with van der Waals surface area (Å²) in [5.41, 5.74) is 7.13. The monoisotopic (exact) mass is 359 g/mol. The molecule has 0 aliphatic heterocycles. The molecular formula is C16H14ClN5OS. The number of rotatable bonds is 4. The summed E-state index contributed by atoms with van der Waals surface area (Å²) in [6.07, 6.45) is 1.50. The van der Waals surface area contributed by atoms with Gasteiger partial charge in [-0.05, 0) is 30.7 Å². The van der Waals surface area contributed by atoms with Crippen molar-refractivity contribution in [3.05, 3.63) is 58.1 Å². The lowest BCUT2D eigenvalue weighted by Crippen LogP contribution is -2.11. The van der Waals surface area contributed by atoms with Gasteiger partial charge >= 0.3 is 0 Å². The normalized spacial score (nSPS) is 10.4. The predicted molar refractivity (Wildman–Crippen MR) is 98.2 cm³/mol. The van der Waals surface area contributed by atoms with Gasteiger partial charge in [0.25, 0.3) is 5.91 Å². The third-order valence-electron chi connectivity index (χ3n) is 3.20. The van der Waals surface area contributed by atoms with E-state index in [0.717, 1.165) is 5.56 Å². The Kier molecular flexibility index (Phi) is 4.64. The maximum Gasteiger partial charge on any atom is 0.267 e. The van der Waals surface area contributed by atoms with E-state index >= 15 is 0 Å². The highest BCUT2D eigenvalue weighted by atomic mass is 35.5. The molecule has 6 nitrogen and oxygen atoms in total. The molecule has 4 N–H and O–H groups in total. The number of aryl methyl sites for hydroxylation is 1. The van der Waals surface area contributed by atoms with E-state index < -0.39 is 0 Å². The Morgan fingerprint density at radius 1 is 1.25 bits per heavy atom. The molecule has 3 aromatic rings. The molecule has 0 aliphatic carbocycles. The average Bonchev–Trinajstić information content (AvgIpc) is 2.99. The number of para-hydroxylation sites is 1. The Bertz CT molecular complexity index is 875. The second-order valence-corrected chi connectivity index (χ2v) is 6.43. The maximum absolute atomic E-state index is 12.4. The number of benzene rings is 1. The molecule has 8 heteroatoms. The number of nitrogen functional groups attached to an aromatic ring is 1. The first-order valence-electron chi connectivity index (χ1n) is 7.05. The number of nitrogens with one attached hydrogen (secondary N) is 2. The molecule has 0 radical (unpaired) electrons. The molecule has 24 heavy (non-hydrogen) atoms. The van der Waals surface area contributed by atoms with Gasteiger partial charge < -0.3 is 16.4 Å². The van der Waals surface area contributed by atoms with Gasteiger partial charge in [-0.2, -0.15) is 0 Å². The van der Waals surface area contributed by atoms with Crippen LogP contribution in [0.5, 0.6) is 0 Å². The van der Waals surface area contributed by atoms with Gasteiger partial charge in [-0.1, -0.05) is 41.1 Å². The topological polar surface area (TPSA) is 92.9 Å². The van der Waals surface area contributed by atoms with Crippen LogP contribution in [-0.2, 0) is 0 Å². The number of thiazole rings is 1. The Morgan fingerprint density at radius 3 is 2.79 bits per heavy atom. The Balaban J connectivity index is 1.74. The number of pyridine rings is 1. The number of halogens is 1. The lowest BCUT2D eigenvalue weighted by molar-refractivity contribution is 0.103. The van der Waals surface area contributed by atoms with Crippen LogP contribution in [0.3, 0.4) is 0 Å². The number of carbonyl (C=O) groups excluding carboxylic acids is 1. The number of anilines is 4. The van der Waals surface area contributed by atoms with Gasteiger partial charge in [0, 0.05) is 0 Å². The molecule has 0 saturated heterocycles. The molecule has 0 spiro atoms. The average molecular weight is 360 g/mol. The maximum atomic E-state index is 12.4. The third kappa shape index (κ3) is 3.64. The Labute approximate surface area is 147 Å². The third-order valence-corrected chi connectivity index (χ3v) is 4.42. The summed E-state index contributed by atoms with van der Waals surface area (Å²) in [5.74, 6) is 0.708. The first-order chi connectivity index (χ1) is 11.5. The van der Waals surface area contributed by atoms with E-state index in [1.54, 1.807) is 24.3 Å². The summed E-state index contributed by atoms with van der Waals surface area (Å²) in [6.45, 7) is 1.88. The van der Waals surface area contributed by atoms with Crippen LogP contribution >= 0.6 is 22.9 Å². The molecule has 1 amide bonds. The minimum absolute atomic E-state index is 0.266. The number of hydrogen-bond donors (Lipinski definition) is 3. The summed E-state index contributed by atoms with van der Waals surface area (Å²) in [7, 11) is 0. The van der Waals surface area contributed by atoms with Gasteiger partial charge in [-0.3, -0.25) is 4.79 Å². The smallest absolute Gasteiger partial charge is 0.267 e. The van der Waals surface area contributed by atoms with Crippen molar-refractivity contribution in [2.24, 2.45) is 0 Å². The van der Waals surface area contributed by atoms with Crippen molar-refractivity contribution < 1.29 is 4.79 Å². The van der Waals surface area contributed by atoms with E-state index in [2.05, 4.69) is 20.6 Å². The molecule has 0 aliphatic rings. The van der Waals surface area contributed by atoms with E-state index in [-0.39, 0.29) is 5.91 Å². The zero-order chi connectivity index (χ0) is 17.1. The number of aromatic nitrogens is 2. The van der Waals surface area contributed by atoms with Crippen LogP contribution in [0, 0.1) is 6.92 Å². The van der Waals surface area contributed by atoms with E-state index in [1.165, 1.54) is 17.5 Å². The van der Waals surface area contributed by atoms with Crippen LogP contribution < -0.4 is 16.4 Å². The van der Waals surface area contributed by atoms with E-state index in [9.17, 15) is 4.79 Å². The summed E-state index contributed by atoms with van der Waals surface area (Å²) in [5, 5.41) is 6.88. The summed E-state index contributed by atoms with van der Waals surface area (Å²) >= 11 is 7.34. The molecule has 0 unspecified atom stereocenters. The van der Waals surface area contributed by atoms with Crippen molar-refractivity contribution >= 4 is 51.3 Å². The fraction of sp³-hybridized carbons (Fsp3) is 0.0625. The van der Waals surface area contributed by atoms with Crippen LogP contribution in [-0.4, -0.2) is 15.9 Å². The molecule has 2 aromatic heterocycles.